The SMILES string of the molecule is CSc1cccc(NS(=O)(=O)c2cc(C(=O)[O-])cc(C)c2C)c1. The summed E-state index contributed by atoms with van der Waals surface area (Å²) in [4.78, 5) is 11.9. The Morgan fingerprint density at radius 2 is 1.87 bits per heavy atom. The fraction of sp³-hybridized carbons (Fsp3) is 0.188. The Kier molecular flexibility index (Phi) is 5.01. The summed E-state index contributed by atoms with van der Waals surface area (Å²) in [5, 5.41) is 11.1. The highest BCUT2D eigenvalue weighted by molar-refractivity contribution is 7.98. The third-order valence-electron chi connectivity index (χ3n) is 3.47. The molecule has 0 aliphatic carbocycles. The van der Waals surface area contributed by atoms with E-state index >= 15 is 0 Å². The molecule has 0 amide bonds. The van der Waals surface area contributed by atoms with Crippen LogP contribution < -0.4 is 9.83 Å². The van der Waals surface area contributed by atoms with E-state index in [0.29, 0.717) is 16.8 Å². The monoisotopic (exact) mass is 350 g/mol. The topological polar surface area (TPSA) is 86.3 Å². The number of hydrogen-bond donors (Lipinski definition) is 1. The highest BCUT2D eigenvalue weighted by Crippen LogP contribution is 2.25. The molecule has 0 saturated heterocycles. The fourth-order valence-electron chi connectivity index (χ4n) is 2.12. The molecule has 122 valence electrons. The van der Waals surface area contributed by atoms with Crippen LogP contribution in [0.15, 0.2) is 46.2 Å². The van der Waals surface area contributed by atoms with Crippen molar-refractivity contribution in [3.05, 3.63) is 53.1 Å². The number of sulfonamides is 1. The van der Waals surface area contributed by atoms with Crippen LogP contribution in [0.3, 0.4) is 0 Å². The summed E-state index contributed by atoms with van der Waals surface area (Å²) in [5.74, 6) is -1.41. The van der Waals surface area contributed by atoms with Crippen molar-refractivity contribution in [1.29, 1.82) is 0 Å². The first-order chi connectivity index (χ1) is 10.7. The van der Waals surface area contributed by atoms with E-state index in [2.05, 4.69) is 4.72 Å². The number of nitrogens with one attached hydrogen (secondary N) is 1. The predicted octanol–water partition coefficient (Wildman–Crippen LogP) is 2.19. The molecule has 0 aliphatic heterocycles. The highest BCUT2D eigenvalue weighted by atomic mass is 32.2. The third kappa shape index (κ3) is 3.86. The standard InChI is InChI=1S/C16H17NO4S2/c1-10-7-12(16(18)19)8-15(11(10)2)23(20,21)17-13-5-4-6-14(9-13)22-3/h4-9,17H,1-3H3,(H,18,19)/p-1. The number of thioether (sulfide) groups is 1. The lowest BCUT2D eigenvalue weighted by atomic mass is 10.1. The summed E-state index contributed by atoms with van der Waals surface area (Å²) in [5.41, 5.74) is 1.34. The molecule has 0 heterocycles. The predicted molar refractivity (Wildman–Crippen MR) is 89.3 cm³/mol. The van der Waals surface area contributed by atoms with Gasteiger partial charge in [-0.2, -0.15) is 0 Å². The maximum atomic E-state index is 12.6. The first-order valence-electron chi connectivity index (χ1n) is 6.74. The van der Waals surface area contributed by atoms with Crippen molar-refractivity contribution in [1.82, 2.24) is 0 Å². The molecule has 5 nitrogen and oxygen atoms in total. The Hall–Kier alpha value is -1.99. The number of anilines is 1. The van der Waals surface area contributed by atoms with Crippen LogP contribution in [0.5, 0.6) is 0 Å². The zero-order chi connectivity index (χ0) is 17.2. The first-order valence-corrected chi connectivity index (χ1v) is 9.45. The number of hydrogen-bond acceptors (Lipinski definition) is 5. The molecule has 0 bridgehead atoms. The van der Waals surface area contributed by atoms with Gasteiger partial charge in [-0.05, 0) is 67.1 Å². The van der Waals surface area contributed by atoms with E-state index < -0.39 is 16.0 Å². The van der Waals surface area contributed by atoms with Crippen molar-refractivity contribution >= 4 is 33.4 Å². The van der Waals surface area contributed by atoms with Gasteiger partial charge in [-0.15, -0.1) is 11.8 Å². The molecular formula is C16H16NO4S2-. The van der Waals surface area contributed by atoms with E-state index in [9.17, 15) is 18.3 Å². The fourth-order valence-corrected chi connectivity index (χ4v) is 3.97. The Morgan fingerprint density at radius 1 is 1.17 bits per heavy atom. The number of carbonyl (C=O) groups excluding carboxylic acids is 1. The van der Waals surface area contributed by atoms with Gasteiger partial charge < -0.3 is 9.90 Å². The van der Waals surface area contributed by atoms with Crippen LogP contribution in [0.4, 0.5) is 5.69 Å². The average molecular weight is 350 g/mol. The van der Waals surface area contributed by atoms with Crippen molar-refractivity contribution < 1.29 is 18.3 Å². The normalized spacial score (nSPS) is 11.3. The summed E-state index contributed by atoms with van der Waals surface area (Å²) in [6.07, 6.45) is 1.89. The second-order valence-corrected chi connectivity index (χ2v) is 7.57. The van der Waals surface area contributed by atoms with Crippen molar-refractivity contribution in [3.63, 3.8) is 0 Å². The van der Waals surface area contributed by atoms with Crippen LogP contribution in [0.2, 0.25) is 0 Å². The zero-order valence-electron chi connectivity index (χ0n) is 12.9. The molecule has 23 heavy (non-hydrogen) atoms. The molecule has 0 aromatic heterocycles. The Morgan fingerprint density at radius 3 is 2.48 bits per heavy atom. The molecule has 0 aliphatic rings. The second-order valence-electron chi connectivity index (χ2n) is 5.04. The quantitative estimate of drug-likeness (QED) is 0.836. The molecule has 0 saturated carbocycles. The van der Waals surface area contributed by atoms with Gasteiger partial charge in [-0.3, -0.25) is 4.72 Å². The smallest absolute Gasteiger partial charge is 0.262 e. The second kappa shape index (κ2) is 6.64. The van der Waals surface area contributed by atoms with Crippen molar-refractivity contribution in [2.75, 3.05) is 11.0 Å². The van der Waals surface area contributed by atoms with Gasteiger partial charge in [0.15, 0.2) is 0 Å². The van der Waals surface area contributed by atoms with E-state index in [1.54, 1.807) is 32.0 Å². The maximum Gasteiger partial charge on any atom is 0.262 e. The summed E-state index contributed by atoms with van der Waals surface area (Å²) in [6.45, 7) is 3.30. The van der Waals surface area contributed by atoms with Crippen molar-refractivity contribution in [2.24, 2.45) is 0 Å². The van der Waals surface area contributed by atoms with Crippen LogP contribution >= 0.6 is 11.8 Å². The van der Waals surface area contributed by atoms with Gasteiger partial charge in [0.1, 0.15) is 0 Å². The molecule has 7 heteroatoms. The minimum Gasteiger partial charge on any atom is -0.545 e. The lowest BCUT2D eigenvalue weighted by Crippen LogP contribution is -2.23. The summed E-state index contributed by atoms with van der Waals surface area (Å²) < 4.78 is 27.7. The van der Waals surface area contributed by atoms with Gasteiger partial charge in [-0.25, -0.2) is 8.42 Å². The molecule has 1 N–H and O–H groups in total. The van der Waals surface area contributed by atoms with E-state index in [4.69, 9.17) is 0 Å². The molecule has 0 atom stereocenters. The molecule has 0 unspecified atom stereocenters. The Labute approximate surface area is 139 Å². The first kappa shape index (κ1) is 17.4. The lowest BCUT2D eigenvalue weighted by Gasteiger charge is -2.15. The third-order valence-corrected chi connectivity index (χ3v) is 5.70. The van der Waals surface area contributed by atoms with Gasteiger partial charge in [-0.1, -0.05) is 6.07 Å². The van der Waals surface area contributed by atoms with Crippen molar-refractivity contribution in [2.45, 2.75) is 23.6 Å². The summed E-state index contributed by atoms with van der Waals surface area (Å²) >= 11 is 1.50. The van der Waals surface area contributed by atoms with Crippen LogP contribution in [0, 0.1) is 13.8 Å². The highest BCUT2D eigenvalue weighted by Gasteiger charge is 2.19. The molecule has 0 fully saturated rings. The van der Waals surface area contributed by atoms with Gasteiger partial charge in [0.05, 0.1) is 10.9 Å². The molecule has 0 radical (unpaired) electrons. The number of aromatic carboxylic acids is 1. The number of carbonyl (C=O) groups is 1. The van der Waals surface area contributed by atoms with Gasteiger partial charge >= 0.3 is 0 Å². The van der Waals surface area contributed by atoms with E-state index in [1.165, 1.54) is 17.8 Å². The number of carboxylic acids is 1. The summed E-state index contributed by atoms with van der Waals surface area (Å²) in [7, 11) is -3.90. The maximum absolute atomic E-state index is 12.6. The lowest BCUT2D eigenvalue weighted by molar-refractivity contribution is -0.255. The zero-order valence-corrected chi connectivity index (χ0v) is 14.5. The summed E-state index contributed by atoms with van der Waals surface area (Å²) in [6, 6.07) is 9.50. The van der Waals surface area contributed by atoms with E-state index in [-0.39, 0.29) is 10.5 Å². The molecule has 0 spiro atoms. The van der Waals surface area contributed by atoms with E-state index in [0.717, 1.165) is 11.0 Å². The average Bonchev–Trinajstić information content (AvgIpc) is 2.49. The Balaban J connectivity index is 2.49. The number of carboxylic acid groups (broad SMARTS) is 1. The van der Waals surface area contributed by atoms with Crippen LogP contribution in [0.25, 0.3) is 0 Å². The number of rotatable bonds is 5. The largest absolute Gasteiger partial charge is 0.545 e. The van der Waals surface area contributed by atoms with Gasteiger partial charge in [0.2, 0.25) is 0 Å². The van der Waals surface area contributed by atoms with Gasteiger partial charge in [0, 0.05) is 10.6 Å². The van der Waals surface area contributed by atoms with Crippen LogP contribution in [-0.2, 0) is 10.0 Å². The molecule has 2 rings (SSSR count). The minimum absolute atomic E-state index is 0.0637. The van der Waals surface area contributed by atoms with Gasteiger partial charge in [0.25, 0.3) is 10.0 Å². The molecule has 2 aromatic rings. The molecule has 2 aromatic carbocycles. The van der Waals surface area contributed by atoms with Crippen molar-refractivity contribution in [3.8, 4) is 0 Å². The Bertz CT molecular complexity index is 860. The van der Waals surface area contributed by atoms with Crippen LogP contribution in [0.1, 0.15) is 21.5 Å². The minimum atomic E-state index is -3.90. The number of benzene rings is 2. The van der Waals surface area contributed by atoms with Crippen LogP contribution in [-0.4, -0.2) is 20.6 Å². The molecular weight excluding hydrogens is 334 g/mol. The number of aryl methyl sites for hydroxylation is 1. The van der Waals surface area contributed by atoms with E-state index in [1.807, 2.05) is 12.3 Å².